The van der Waals surface area contributed by atoms with Crippen LogP contribution in [0.2, 0.25) is 0 Å². The molecule has 3 aromatic rings. The third-order valence-electron chi connectivity index (χ3n) is 5.18. The molecule has 0 aliphatic heterocycles. The Morgan fingerprint density at radius 3 is 2.62 bits per heavy atom. The first-order chi connectivity index (χ1) is 12.5. The van der Waals surface area contributed by atoms with Crippen LogP contribution in [0.5, 0.6) is 5.75 Å². The lowest BCUT2D eigenvalue weighted by atomic mass is 10.0. The number of methoxy groups -OCH3 is 1. The van der Waals surface area contributed by atoms with Crippen molar-refractivity contribution in [2.45, 2.75) is 33.4 Å². The van der Waals surface area contributed by atoms with Gasteiger partial charge in [0.05, 0.1) is 19.0 Å². The maximum Gasteiger partial charge on any atom is 0.123 e. The van der Waals surface area contributed by atoms with E-state index < -0.39 is 0 Å². The minimum absolute atomic E-state index is 0.230. The van der Waals surface area contributed by atoms with Crippen molar-refractivity contribution in [3.63, 3.8) is 0 Å². The maximum atomic E-state index is 5.52. The number of benzene rings is 2. The summed E-state index contributed by atoms with van der Waals surface area (Å²) in [5, 5.41) is 7.47. The number of rotatable bonds is 6. The summed E-state index contributed by atoms with van der Waals surface area (Å²) in [7, 11) is 3.85. The molecule has 0 radical (unpaired) electrons. The van der Waals surface area contributed by atoms with Gasteiger partial charge in [0.25, 0.3) is 0 Å². The fraction of sp³-hybridized carbons (Fsp3) is 0.318. The average molecular weight is 349 g/mol. The minimum atomic E-state index is 0.230. The molecular weight excluding hydrogens is 322 g/mol. The highest BCUT2D eigenvalue weighted by Crippen LogP contribution is 2.30. The van der Waals surface area contributed by atoms with E-state index in [-0.39, 0.29) is 6.04 Å². The summed E-state index contributed by atoms with van der Waals surface area (Å²) < 4.78 is 5.52. The molecule has 2 aromatic carbocycles. The summed E-state index contributed by atoms with van der Waals surface area (Å²) >= 11 is 0. The van der Waals surface area contributed by atoms with E-state index in [1.165, 1.54) is 27.8 Å². The van der Waals surface area contributed by atoms with Crippen LogP contribution in [0.1, 0.15) is 35.2 Å². The van der Waals surface area contributed by atoms with Gasteiger partial charge in [0, 0.05) is 29.3 Å². The molecule has 1 heterocycles. The third-order valence-corrected chi connectivity index (χ3v) is 5.18. The average Bonchev–Trinajstić information content (AvgIpc) is 3.11. The Morgan fingerprint density at radius 1 is 1.12 bits per heavy atom. The van der Waals surface area contributed by atoms with E-state index in [0.29, 0.717) is 0 Å². The number of nitrogens with one attached hydrogen (secondary N) is 1. The smallest absolute Gasteiger partial charge is 0.123 e. The van der Waals surface area contributed by atoms with Gasteiger partial charge in [0.1, 0.15) is 5.75 Å². The Kier molecular flexibility index (Phi) is 5.43. The van der Waals surface area contributed by atoms with Crippen LogP contribution in [-0.4, -0.2) is 29.3 Å². The van der Waals surface area contributed by atoms with E-state index in [1.54, 1.807) is 7.11 Å². The van der Waals surface area contributed by atoms with Crippen LogP contribution >= 0.6 is 0 Å². The van der Waals surface area contributed by atoms with Gasteiger partial charge in [-0.25, -0.2) is 0 Å². The molecule has 0 saturated carbocycles. The van der Waals surface area contributed by atoms with Crippen LogP contribution in [-0.2, 0) is 6.54 Å². The molecular formula is C22H27N3O. The van der Waals surface area contributed by atoms with E-state index in [4.69, 9.17) is 4.74 Å². The summed E-state index contributed by atoms with van der Waals surface area (Å²) in [6.45, 7) is 7.28. The van der Waals surface area contributed by atoms with Crippen LogP contribution in [0, 0.1) is 13.8 Å². The molecule has 1 atom stereocenters. The minimum Gasteiger partial charge on any atom is -0.496 e. The second-order valence-electron chi connectivity index (χ2n) is 6.90. The second kappa shape index (κ2) is 7.75. The topological polar surface area (TPSA) is 41.1 Å². The van der Waals surface area contributed by atoms with E-state index >= 15 is 0 Å². The Labute approximate surface area is 155 Å². The largest absolute Gasteiger partial charge is 0.496 e. The zero-order valence-electron chi connectivity index (χ0n) is 16.2. The summed E-state index contributed by atoms with van der Waals surface area (Å²) in [6, 6.07) is 15.0. The zero-order chi connectivity index (χ0) is 18.7. The highest BCUT2D eigenvalue weighted by molar-refractivity contribution is 5.64. The van der Waals surface area contributed by atoms with E-state index in [1.807, 2.05) is 18.3 Å². The number of H-pyrrole nitrogens is 1. The first kappa shape index (κ1) is 18.2. The van der Waals surface area contributed by atoms with Crippen molar-refractivity contribution in [1.82, 2.24) is 15.1 Å². The van der Waals surface area contributed by atoms with Crippen molar-refractivity contribution in [2.24, 2.45) is 0 Å². The molecule has 0 aliphatic rings. The van der Waals surface area contributed by atoms with E-state index in [0.717, 1.165) is 18.0 Å². The van der Waals surface area contributed by atoms with Gasteiger partial charge in [-0.1, -0.05) is 30.3 Å². The van der Waals surface area contributed by atoms with Crippen molar-refractivity contribution >= 4 is 0 Å². The van der Waals surface area contributed by atoms with Crippen molar-refractivity contribution in [2.75, 3.05) is 14.2 Å². The lowest BCUT2D eigenvalue weighted by molar-refractivity contribution is 0.247. The Morgan fingerprint density at radius 2 is 1.88 bits per heavy atom. The van der Waals surface area contributed by atoms with Gasteiger partial charge in [-0.2, -0.15) is 5.10 Å². The third kappa shape index (κ3) is 3.65. The lowest BCUT2D eigenvalue weighted by Crippen LogP contribution is -2.22. The summed E-state index contributed by atoms with van der Waals surface area (Å²) in [5.41, 5.74) is 7.24. The van der Waals surface area contributed by atoms with Crippen molar-refractivity contribution < 1.29 is 4.74 Å². The van der Waals surface area contributed by atoms with Gasteiger partial charge in [0.2, 0.25) is 0 Å². The van der Waals surface area contributed by atoms with Crippen LogP contribution in [0.4, 0.5) is 0 Å². The Balaban J connectivity index is 1.83. The van der Waals surface area contributed by atoms with Crippen LogP contribution in [0.15, 0.2) is 48.7 Å². The number of ether oxygens (including phenoxy) is 1. The molecule has 136 valence electrons. The van der Waals surface area contributed by atoms with Gasteiger partial charge in [-0.15, -0.1) is 0 Å². The summed E-state index contributed by atoms with van der Waals surface area (Å²) in [6.07, 6.45) is 1.93. The van der Waals surface area contributed by atoms with Gasteiger partial charge < -0.3 is 4.74 Å². The first-order valence-corrected chi connectivity index (χ1v) is 8.94. The molecule has 0 saturated heterocycles. The summed E-state index contributed by atoms with van der Waals surface area (Å²) in [5.74, 6) is 0.924. The predicted molar refractivity (Wildman–Crippen MR) is 106 cm³/mol. The monoisotopic (exact) mass is 349 g/mol. The van der Waals surface area contributed by atoms with Crippen LogP contribution < -0.4 is 4.74 Å². The molecule has 0 unspecified atom stereocenters. The molecule has 0 bridgehead atoms. The van der Waals surface area contributed by atoms with Gasteiger partial charge >= 0.3 is 0 Å². The number of aryl methyl sites for hydroxylation is 2. The molecule has 0 spiro atoms. The fourth-order valence-electron chi connectivity index (χ4n) is 3.23. The molecule has 0 amide bonds. The number of hydrogen-bond donors (Lipinski definition) is 1. The molecule has 1 N–H and O–H groups in total. The zero-order valence-corrected chi connectivity index (χ0v) is 16.2. The molecule has 4 nitrogen and oxygen atoms in total. The molecule has 0 aliphatic carbocycles. The van der Waals surface area contributed by atoms with Crippen molar-refractivity contribution in [1.29, 1.82) is 0 Å². The highest BCUT2D eigenvalue weighted by atomic mass is 16.5. The van der Waals surface area contributed by atoms with Crippen LogP contribution in [0.3, 0.4) is 0 Å². The fourth-order valence-corrected chi connectivity index (χ4v) is 3.23. The quantitative estimate of drug-likeness (QED) is 0.688. The Hall–Kier alpha value is -2.59. The molecule has 26 heavy (non-hydrogen) atoms. The second-order valence-corrected chi connectivity index (χ2v) is 6.90. The summed E-state index contributed by atoms with van der Waals surface area (Å²) in [4.78, 5) is 2.31. The van der Waals surface area contributed by atoms with E-state index in [2.05, 4.69) is 73.2 Å². The molecule has 3 rings (SSSR count). The van der Waals surface area contributed by atoms with Gasteiger partial charge in [0.15, 0.2) is 0 Å². The maximum absolute atomic E-state index is 5.52. The van der Waals surface area contributed by atoms with Gasteiger partial charge in [-0.05, 0) is 51.1 Å². The number of hydrogen-bond acceptors (Lipinski definition) is 3. The molecule has 0 fully saturated rings. The van der Waals surface area contributed by atoms with Crippen molar-refractivity contribution in [3.05, 3.63) is 70.9 Å². The number of aromatic nitrogens is 2. The normalized spacial score (nSPS) is 12.4. The van der Waals surface area contributed by atoms with Crippen LogP contribution in [0.25, 0.3) is 11.3 Å². The Bertz CT molecular complexity index is 885. The number of aromatic amines is 1. The first-order valence-electron chi connectivity index (χ1n) is 8.94. The number of nitrogens with zero attached hydrogens (tertiary/aromatic N) is 2. The molecule has 4 heteroatoms. The lowest BCUT2D eigenvalue weighted by Gasteiger charge is -2.26. The van der Waals surface area contributed by atoms with Gasteiger partial charge in [-0.3, -0.25) is 10.00 Å². The van der Waals surface area contributed by atoms with Crippen molar-refractivity contribution in [3.8, 4) is 17.0 Å². The molecule has 1 aromatic heterocycles. The number of para-hydroxylation sites is 1. The SMILES string of the molecule is COc1ccccc1[C@H](C)N(C)Cc1cn[nH]c1-c1ccc(C)c(C)c1. The standard InChI is InChI=1S/C22H27N3O/c1-15-10-11-18(12-16(15)2)22-19(13-23-24-22)14-25(4)17(3)20-8-6-7-9-21(20)26-5/h6-13,17H,14H2,1-5H3,(H,23,24)/t17-/m0/s1. The predicted octanol–water partition coefficient (Wildman–Crippen LogP) is 4.90. The highest BCUT2D eigenvalue weighted by Gasteiger charge is 2.18. The van der Waals surface area contributed by atoms with E-state index in [9.17, 15) is 0 Å².